The van der Waals surface area contributed by atoms with E-state index >= 15 is 0 Å². The summed E-state index contributed by atoms with van der Waals surface area (Å²) in [6.45, 7) is 0.170. The molecule has 0 bridgehead atoms. The molecule has 0 radical (unpaired) electrons. The fraction of sp³-hybridized carbons (Fsp3) is 0.176. The van der Waals surface area contributed by atoms with E-state index in [4.69, 9.17) is 4.74 Å². The van der Waals surface area contributed by atoms with Crippen molar-refractivity contribution < 1.29 is 13.9 Å². The number of carbonyl (C=O) groups excluding carboxylic acids is 1. The van der Waals surface area contributed by atoms with Gasteiger partial charge in [-0.15, -0.1) is 0 Å². The highest BCUT2D eigenvalue weighted by atomic mass is 32.2. The Balaban J connectivity index is 1.55. The molecule has 0 fully saturated rings. The van der Waals surface area contributed by atoms with Crippen LogP contribution in [0.3, 0.4) is 0 Å². The molecule has 2 aromatic carbocycles. The van der Waals surface area contributed by atoms with Gasteiger partial charge in [-0.25, -0.2) is 9.37 Å². The highest BCUT2D eigenvalue weighted by Crippen LogP contribution is 2.23. The molecule has 0 spiro atoms. The first-order valence-corrected chi connectivity index (χ1v) is 8.31. The lowest BCUT2D eigenvalue weighted by Crippen LogP contribution is -2.25. The molecular weight excluding hydrogens is 329 g/mol. The molecule has 0 unspecified atom stereocenters. The predicted octanol–water partition coefficient (Wildman–Crippen LogP) is 3.12. The molecule has 3 rings (SSSR count). The number of halogens is 1. The SMILES string of the molecule is COc1ccc2nc(SCC(=O)NCc3ccccc3F)[nH]c2c1. The van der Waals surface area contributed by atoms with Gasteiger partial charge in [0.25, 0.3) is 0 Å². The van der Waals surface area contributed by atoms with Crippen LogP contribution in [0.25, 0.3) is 11.0 Å². The smallest absolute Gasteiger partial charge is 0.230 e. The number of carbonyl (C=O) groups is 1. The fourth-order valence-electron chi connectivity index (χ4n) is 2.18. The van der Waals surface area contributed by atoms with Crippen molar-refractivity contribution in [3.63, 3.8) is 0 Å². The molecule has 0 aliphatic heterocycles. The molecule has 3 aromatic rings. The Labute approximate surface area is 142 Å². The third-order valence-electron chi connectivity index (χ3n) is 3.44. The fourth-order valence-corrected chi connectivity index (χ4v) is 2.90. The minimum absolute atomic E-state index is 0.170. The zero-order chi connectivity index (χ0) is 16.9. The molecule has 0 saturated carbocycles. The van der Waals surface area contributed by atoms with E-state index in [1.165, 1.54) is 17.8 Å². The normalized spacial score (nSPS) is 10.8. The van der Waals surface area contributed by atoms with Crippen LogP contribution in [0.1, 0.15) is 5.56 Å². The highest BCUT2D eigenvalue weighted by Gasteiger charge is 2.09. The number of hydrogen-bond donors (Lipinski definition) is 2. The Bertz CT molecular complexity index is 866. The van der Waals surface area contributed by atoms with Crippen LogP contribution in [-0.4, -0.2) is 28.7 Å². The van der Waals surface area contributed by atoms with Crippen LogP contribution in [0.5, 0.6) is 5.75 Å². The van der Waals surface area contributed by atoms with Gasteiger partial charge in [0.1, 0.15) is 11.6 Å². The summed E-state index contributed by atoms with van der Waals surface area (Å²) in [7, 11) is 1.60. The largest absolute Gasteiger partial charge is 0.497 e. The maximum absolute atomic E-state index is 13.5. The van der Waals surface area contributed by atoms with Gasteiger partial charge in [0.2, 0.25) is 5.91 Å². The lowest BCUT2D eigenvalue weighted by molar-refractivity contribution is -0.118. The summed E-state index contributed by atoms with van der Waals surface area (Å²) < 4.78 is 18.7. The van der Waals surface area contributed by atoms with Crippen LogP contribution < -0.4 is 10.1 Å². The van der Waals surface area contributed by atoms with Crippen LogP contribution in [0.15, 0.2) is 47.6 Å². The number of imidazole rings is 1. The topological polar surface area (TPSA) is 67.0 Å². The van der Waals surface area contributed by atoms with E-state index in [1.807, 2.05) is 18.2 Å². The van der Waals surface area contributed by atoms with Crippen LogP contribution in [0.4, 0.5) is 4.39 Å². The number of amides is 1. The lowest BCUT2D eigenvalue weighted by atomic mass is 10.2. The first kappa shape index (κ1) is 16.3. The summed E-state index contributed by atoms with van der Waals surface area (Å²) in [5.41, 5.74) is 2.13. The third kappa shape index (κ3) is 3.86. The molecule has 2 N–H and O–H groups in total. The maximum atomic E-state index is 13.5. The Morgan fingerprint density at radius 3 is 2.96 bits per heavy atom. The molecule has 1 heterocycles. The zero-order valence-corrected chi connectivity index (χ0v) is 13.8. The minimum atomic E-state index is -0.323. The molecule has 0 saturated heterocycles. The Hall–Kier alpha value is -2.54. The summed E-state index contributed by atoms with van der Waals surface area (Å²) in [5.74, 6) is 0.439. The van der Waals surface area contributed by atoms with E-state index in [1.54, 1.807) is 25.3 Å². The second-order valence-corrected chi connectivity index (χ2v) is 6.05. The third-order valence-corrected chi connectivity index (χ3v) is 4.31. The van der Waals surface area contributed by atoms with Gasteiger partial charge in [-0.2, -0.15) is 0 Å². The molecule has 5 nitrogen and oxygen atoms in total. The van der Waals surface area contributed by atoms with Gasteiger partial charge in [0.15, 0.2) is 5.16 Å². The average molecular weight is 345 g/mol. The number of fused-ring (bicyclic) bond motifs is 1. The van der Waals surface area contributed by atoms with E-state index in [0.29, 0.717) is 10.7 Å². The van der Waals surface area contributed by atoms with Gasteiger partial charge in [0.05, 0.1) is 23.9 Å². The van der Waals surface area contributed by atoms with E-state index in [-0.39, 0.29) is 24.0 Å². The van der Waals surface area contributed by atoms with E-state index in [0.717, 1.165) is 16.8 Å². The highest BCUT2D eigenvalue weighted by molar-refractivity contribution is 7.99. The monoisotopic (exact) mass is 345 g/mol. The first-order chi connectivity index (χ1) is 11.7. The number of ether oxygens (including phenoxy) is 1. The van der Waals surface area contributed by atoms with Crippen LogP contribution in [-0.2, 0) is 11.3 Å². The van der Waals surface area contributed by atoms with E-state index < -0.39 is 0 Å². The molecule has 1 amide bonds. The van der Waals surface area contributed by atoms with Gasteiger partial charge in [-0.1, -0.05) is 30.0 Å². The Morgan fingerprint density at radius 1 is 1.33 bits per heavy atom. The lowest BCUT2D eigenvalue weighted by Gasteiger charge is -2.05. The number of H-pyrrole nitrogens is 1. The number of rotatable bonds is 6. The number of hydrogen-bond acceptors (Lipinski definition) is 4. The molecule has 124 valence electrons. The van der Waals surface area contributed by atoms with Gasteiger partial charge in [-0.05, 0) is 18.2 Å². The van der Waals surface area contributed by atoms with Crippen molar-refractivity contribution in [2.75, 3.05) is 12.9 Å². The number of aromatic amines is 1. The molecule has 7 heteroatoms. The number of nitrogens with zero attached hydrogens (tertiary/aromatic N) is 1. The van der Waals surface area contributed by atoms with Crippen molar-refractivity contribution in [3.8, 4) is 5.75 Å². The van der Waals surface area contributed by atoms with E-state index in [2.05, 4.69) is 15.3 Å². The first-order valence-electron chi connectivity index (χ1n) is 7.32. The number of thioether (sulfide) groups is 1. The number of benzene rings is 2. The number of methoxy groups -OCH3 is 1. The predicted molar refractivity (Wildman–Crippen MR) is 91.6 cm³/mol. The van der Waals surface area contributed by atoms with Crippen molar-refractivity contribution in [2.45, 2.75) is 11.7 Å². The quantitative estimate of drug-likeness (QED) is 0.674. The summed E-state index contributed by atoms with van der Waals surface area (Å²) in [5, 5.41) is 3.35. The Morgan fingerprint density at radius 2 is 2.17 bits per heavy atom. The molecule has 1 aromatic heterocycles. The second kappa shape index (κ2) is 7.35. The Kier molecular flexibility index (Phi) is 5.00. The van der Waals surface area contributed by atoms with Gasteiger partial charge >= 0.3 is 0 Å². The van der Waals surface area contributed by atoms with Crippen molar-refractivity contribution in [3.05, 3.63) is 53.8 Å². The molecule has 0 aliphatic rings. The van der Waals surface area contributed by atoms with Crippen molar-refractivity contribution in [1.29, 1.82) is 0 Å². The van der Waals surface area contributed by atoms with Gasteiger partial charge in [-0.3, -0.25) is 4.79 Å². The minimum Gasteiger partial charge on any atom is -0.497 e. The average Bonchev–Trinajstić information content (AvgIpc) is 3.01. The van der Waals surface area contributed by atoms with Gasteiger partial charge in [0, 0.05) is 18.2 Å². The summed E-state index contributed by atoms with van der Waals surface area (Å²) in [6.07, 6.45) is 0. The molecular formula is C17H16FN3O2S. The number of aromatic nitrogens is 2. The summed E-state index contributed by atoms with van der Waals surface area (Å²) in [4.78, 5) is 19.4. The molecule has 24 heavy (non-hydrogen) atoms. The maximum Gasteiger partial charge on any atom is 0.230 e. The summed E-state index contributed by atoms with van der Waals surface area (Å²) >= 11 is 1.29. The molecule has 0 aliphatic carbocycles. The van der Waals surface area contributed by atoms with Crippen LogP contribution in [0, 0.1) is 5.82 Å². The van der Waals surface area contributed by atoms with Gasteiger partial charge < -0.3 is 15.0 Å². The van der Waals surface area contributed by atoms with Crippen molar-refractivity contribution in [2.24, 2.45) is 0 Å². The van der Waals surface area contributed by atoms with Crippen LogP contribution >= 0.6 is 11.8 Å². The van der Waals surface area contributed by atoms with E-state index in [9.17, 15) is 9.18 Å². The van der Waals surface area contributed by atoms with Crippen LogP contribution in [0.2, 0.25) is 0 Å². The molecule has 0 atom stereocenters. The standard InChI is InChI=1S/C17H16FN3O2S/c1-23-12-6-7-14-15(8-12)21-17(20-14)24-10-16(22)19-9-11-4-2-3-5-13(11)18/h2-8H,9-10H2,1H3,(H,19,22)(H,20,21). The number of nitrogens with one attached hydrogen (secondary N) is 2. The van der Waals surface area contributed by atoms with Crippen molar-refractivity contribution in [1.82, 2.24) is 15.3 Å². The van der Waals surface area contributed by atoms with Crippen molar-refractivity contribution >= 4 is 28.7 Å². The second-order valence-electron chi connectivity index (χ2n) is 5.08. The zero-order valence-electron chi connectivity index (χ0n) is 13.0. The summed E-state index contributed by atoms with van der Waals surface area (Å²) in [6, 6.07) is 11.9.